The summed E-state index contributed by atoms with van der Waals surface area (Å²) in [6.07, 6.45) is 3.44. The van der Waals surface area contributed by atoms with Crippen molar-refractivity contribution in [3.8, 4) is 0 Å². The molecule has 0 atom stereocenters. The Morgan fingerprint density at radius 3 is 2.14 bits per heavy atom. The summed E-state index contributed by atoms with van der Waals surface area (Å²) in [4.78, 5) is 13.1. The van der Waals surface area contributed by atoms with Gasteiger partial charge >= 0.3 is 0 Å². The van der Waals surface area contributed by atoms with Gasteiger partial charge in [0, 0.05) is 24.2 Å². The molecule has 0 fully saturated rings. The van der Waals surface area contributed by atoms with Gasteiger partial charge in [-0.3, -0.25) is 4.79 Å². The number of nitrogens with zero attached hydrogens (tertiary/aromatic N) is 1. The number of carbonyl (C=O) groups is 1. The van der Waals surface area contributed by atoms with Crippen molar-refractivity contribution >= 4 is 40.2 Å². The molecule has 80 valence electrons. The summed E-state index contributed by atoms with van der Waals surface area (Å²) in [6.45, 7) is 2.96. The monoisotopic (exact) mass is 253 g/mol. The van der Waals surface area contributed by atoms with Gasteiger partial charge in [-0.2, -0.15) is 0 Å². The molecule has 0 N–H and O–H groups in total. The van der Waals surface area contributed by atoms with Gasteiger partial charge in [0.05, 0.1) is 0 Å². The maximum atomic E-state index is 11.5. The van der Waals surface area contributed by atoms with E-state index in [0.717, 1.165) is 5.75 Å². The standard InChI is InChI=1S/C9H13Cl2NOS/c1-2-14-9(13)12(7-3-5-10)8-4-6-11/h3-6H,2,7-8H2,1H3/b5-3+,6-4+. The van der Waals surface area contributed by atoms with Crippen LogP contribution in [0, 0.1) is 0 Å². The summed E-state index contributed by atoms with van der Waals surface area (Å²) in [5, 5.41) is 0.0389. The summed E-state index contributed by atoms with van der Waals surface area (Å²) < 4.78 is 0. The van der Waals surface area contributed by atoms with Crippen molar-refractivity contribution in [2.24, 2.45) is 0 Å². The Labute approximate surface area is 98.9 Å². The highest BCUT2D eigenvalue weighted by Gasteiger charge is 2.09. The number of amides is 1. The van der Waals surface area contributed by atoms with Gasteiger partial charge in [-0.25, -0.2) is 0 Å². The van der Waals surface area contributed by atoms with Crippen LogP contribution in [0.1, 0.15) is 6.92 Å². The molecule has 0 saturated heterocycles. The van der Waals surface area contributed by atoms with Crippen molar-refractivity contribution < 1.29 is 4.79 Å². The van der Waals surface area contributed by atoms with Gasteiger partial charge < -0.3 is 4.90 Å². The normalized spacial score (nSPS) is 11.4. The maximum Gasteiger partial charge on any atom is 0.282 e. The maximum absolute atomic E-state index is 11.5. The topological polar surface area (TPSA) is 20.3 Å². The van der Waals surface area contributed by atoms with Gasteiger partial charge in [-0.05, 0) is 5.75 Å². The number of thioether (sulfide) groups is 1. The Kier molecular flexibility index (Phi) is 9.35. The first-order chi connectivity index (χ1) is 6.76. The first kappa shape index (κ1) is 13.9. The van der Waals surface area contributed by atoms with Gasteiger partial charge in [0.2, 0.25) is 0 Å². The highest BCUT2D eigenvalue weighted by molar-refractivity contribution is 8.13. The van der Waals surface area contributed by atoms with Crippen molar-refractivity contribution in [2.75, 3.05) is 18.8 Å². The van der Waals surface area contributed by atoms with Crippen LogP contribution in [0.3, 0.4) is 0 Å². The predicted octanol–water partition coefficient (Wildman–Crippen LogP) is 3.67. The Balaban J connectivity index is 4.14. The molecule has 0 aromatic rings. The lowest BCUT2D eigenvalue weighted by Gasteiger charge is -2.17. The number of halogens is 2. The predicted molar refractivity (Wildman–Crippen MR) is 65.1 cm³/mol. The van der Waals surface area contributed by atoms with E-state index in [9.17, 15) is 4.79 Å². The lowest BCUT2D eigenvalue weighted by molar-refractivity contribution is 0.233. The molecule has 0 radical (unpaired) electrons. The molecule has 0 aromatic carbocycles. The van der Waals surface area contributed by atoms with Gasteiger partial charge in [-0.1, -0.05) is 54.0 Å². The average Bonchev–Trinajstić information content (AvgIpc) is 2.18. The van der Waals surface area contributed by atoms with E-state index in [-0.39, 0.29) is 5.24 Å². The first-order valence-corrected chi connectivity index (χ1v) is 6.04. The van der Waals surface area contributed by atoms with Crippen LogP contribution < -0.4 is 0 Å². The van der Waals surface area contributed by atoms with E-state index in [1.807, 2.05) is 6.92 Å². The fourth-order valence-electron chi connectivity index (χ4n) is 0.773. The van der Waals surface area contributed by atoms with Gasteiger partial charge in [-0.15, -0.1) is 0 Å². The number of carbonyl (C=O) groups excluding carboxylic acids is 1. The highest BCUT2D eigenvalue weighted by Crippen LogP contribution is 2.08. The van der Waals surface area contributed by atoms with Crippen LogP contribution in [0.4, 0.5) is 4.79 Å². The zero-order valence-corrected chi connectivity index (χ0v) is 10.3. The van der Waals surface area contributed by atoms with E-state index < -0.39 is 0 Å². The molecule has 0 bridgehead atoms. The second-order valence-electron chi connectivity index (χ2n) is 2.33. The highest BCUT2D eigenvalue weighted by atomic mass is 35.5. The molecule has 0 aliphatic rings. The van der Waals surface area contributed by atoms with Crippen molar-refractivity contribution in [3.05, 3.63) is 23.2 Å². The van der Waals surface area contributed by atoms with Crippen LogP contribution in [0.2, 0.25) is 0 Å². The van der Waals surface area contributed by atoms with Gasteiger partial charge in [0.1, 0.15) is 0 Å². The third-order valence-electron chi connectivity index (χ3n) is 1.36. The average molecular weight is 254 g/mol. The third kappa shape index (κ3) is 6.35. The summed E-state index contributed by atoms with van der Waals surface area (Å²) in [5.41, 5.74) is 2.81. The van der Waals surface area contributed by atoms with Crippen LogP contribution in [0.15, 0.2) is 23.2 Å². The van der Waals surface area contributed by atoms with Crippen LogP contribution in [0.25, 0.3) is 0 Å². The zero-order valence-electron chi connectivity index (χ0n) is 7.95. The molecule has 0 aliphatic heterocycles. The molecule has 0 rings (SSSR count). The minimum absolute atomic E-state index is 0.0389. The lowest BCUT2D eigenvalue weighted by atomic mass is 10.5. The summed E-state index contributed by atoms with van der Waals surface area (Å²) in [7, 11) is 0. The van der Waals surface area contributed by atoms with Crippen LogP contribution in [0.5, 0.6) is 0 Å². The lowest BCUT2D eigenvalue weighted by Crippen LogP contribution is -2.28. The van der Waals surface area contributed by atoms with E-state index in [4.69, 9.17) is 23.2 Å². The third-order valence-corrected chi connectivity index (χ3v) is 2.51. The molecule has 0 saturated carbocycles. The fraction of sp³-hybridized carbons (Fsp3) is 0.444. The molecule has 0 aromatic heterocycles. The quantitative estimate of drug-likeness (QED) is 0.746. The smallest absolute Gasteiger partial charge is 0.282 e. The van der Waals surface area contributed by atoms with Gasteiger partial charge in [0.25, 0.3) is 5.24 Å². The molecule has 14 heavy (non-hydrogen) atoms. The van der Waals surface area contributed by atoms with Crippen molar-refractivity contribution in [3.63, 3.8) is 0 Å². The van der Waals surface area contributed by atoms with E-state index in [1.165, 1.54) is 22.8 Å². The number of hydrogen-bond donors (Lipinski definition) is 0. The molecule has 0 aliphatic carbocycles. The first-order valence-electron chi connectivity index (χ1n) is 4.18. The molecule has 0 unspecified atom stereocenters. The van der Waals surface area contributed by atoms with Crippen molar-refractivity contribution in [2.45, 2.75) is 6.92 Å². The SMILES string of the molecule is CCSC(=O)N(C/C=C/Cl)C/C=C/Cl. The summed E-state index contributed by atoms with van der Waals surface area (Å²) >= 11 is 12.1. The Morgan fingerprint density at radius 1 is 1.29 bits per heavy atom. The molecule has 0 spiro atoms. The minimum atomic E-state index is 0.0389. The fourth-order valence-corrected chi connectivity index (χ4v) is 1.51. The number of rotatable bonds is 5. The molecular weight excluding hydrogens is 241 g/mol. The summed E-state index contributed by atoms with van der Waals surface area (Å²) in [5.74, 6) is 0.768. The molecule has 1 amide bonds. The zero-order chi connectivity index (χ0) is 10.8. The molecule has 0 heterocycles. The second kappa shape index (κ2) is 9.44. The van der Waals surface area contributed by atoms with Crippen LogP contribution in [-0.4, -0.2) is 29.0 Å². The Hall–Kier alpha value is -0.120. The molecule has 5 heteroatoms. The number of hydrogen-bond acceptors (Lipinski definition) is 2. The largest absolute Gasteiger partial charge is 0.326 e. The summed E-state index contributed by atoms with van der Waals surface area (Å²) in [6, 6.07) is 0. The van der Waals surface area contributed by atoms with Crippen molar-refractivity contribution in [1.29, 1.82) is 0 Å². The van der Waals surface area contributed by atoms with Crippen LogP contribution >= 0.6 is 35.0 Å². The van der Waals surface area contributed by atoms with E-state index in [0.29, 0.717) is 13.1 Å². The molecular formula is C9H13Cl2NOS. The minimum Gasteiger partial charge on any atom is -0.326 e. The van der Waals surface area contributed by atoms with Crippen LogP contribution in [-0.2, 0) is 0 Å². The Morgan fingerprint density at radius 2 is 1.79 bits per heavy atom. The second-order valence-corrected chi connectivity index (χ2v) is 4.05. The van der Waals surface area contributed by atoms with Crippen molar-refractivity contribution in [1.82, 2.24) is 4.90 Å². The Bertz CT molecular complexity index is 205. The van der Waals surface area contributed by atoms with E-state index in [1.54, 1.807) is 17.1 Å². The van der Waals surface area contributed by atoms with E-state index in [2.05, 4.69) is 0 Å². The van der Waals surface area contributed by atoms with Gasteiger partial charge in [0.15, 0.2) is 0 Å². The van der Waals surface area contributed by atoms with E-state index >= 15 is 0 Å². The molecule has 2 nitrogen and oxygen atoms in total.